The number of hydrogen-bond donors (Lipinski definition) is 2. The first-order valence-corrected chi connectivity index (χ1v) is 4.95. The Morgan fingerprint density at radius 1 is 1.50 bits per heavy atom. The smallest absolute Gasteiger partial charge is 0.439 e. The molecule has 0 radical (unpaired) electrons. The molecular weight excluding hydrogens is 346 g/mol. The Kier molecular flexibility index (Phi) is 5.47. The molecule has 90 valence electrons. The van der Waals surface area contributed by atoms with E-state index in [9.17, 15) is 14.4 Å². The highest BCUT2D eigenvalue weighted by atomic mass is 79.9. The summed E-state index contributed by atoms with van der Waals surface area (Å²) in [6.07, 6.45) is 0. The molecule has 0 aromatic heterocycles. The SMILES string of the molecule is CC1=C(C(=O)CN)C(=O)N(Br)C(=O)[NH+]1C.[Br-]. The molecular formula is C8H11Br2N3O3. The fraction of sp³-hybridized carbons (Fsp3) is 0.375. The minimum absolute atomic E-state index is 0. The lowest BCUT2D eigenvalue weighted by Crippen LogP contribution is -3.12. The number of carbonyl (C=O) groups is 3. The molecule has 0 bridgehead atoms. The van der Waals surface area contributed by atoms with Crippen LogP contribution in [0.3, 0.4) is 0 Å². The van der Waals surface area contributed by atoms with Gasteiger partial charge in [0, 0.05) is 6.92 Å². The van der Waals surface area contributed by atoms with Gasteiger partial charge >= 0.3 is 6.03 Å². The zero-order valence-electron chi connectivity index (χ0n) is 8.71. The number of imide groups is 1. The number of Topliss-reactive ketones (excluding diaryl/α,β-unsaturated/α-hetero) is 1. The first-order chi connectivity index (χ1) is 6.91. The molecule has 0 spiro atoms. The number of hydrogen-bond acceptors (Lipinski definition) is 4. The van der Waals surface area contributed by atoms with E-state index in [1.165, 1.54) is 0 Å². The number of halogens is 2. The van der Waals surface area contributed by atoms with Crippen molar-refractivity contribution in [3.05, 3.63) is 11.3 Å². The molecule has 3 amide bonds. The van der Waals surface area contributed by atoms with E-state index in [0.29, 0.717) is 10.6 Å². The fourth-order valence-electron chi connectivity index (χ4n) is 1.28. The topological polar surface area (TPSA) is 84.9 Å². The minimum Gasteiger partial charge on any atom is -1.00 e. The summed E-state index contributed by atoms with van der Waals surface area (Å²) in [6, 6.07) is -0.453. The third-order valence-electron chi connectivity index (χ3n) is 2.29. The first kappa shape index (κ1) is 15.4. The lowest BCUT2D eigenvalue weighted by atomic mass is 10.1. The van der Waals surface area contributed by atoms with Crippen LogP contribution >= 0.6 is 16.1 Å². The van der Waals surface area contributed by atoms with Crippen LogP contribution in [0.4, 0.5) is 4.79 Å². The summed E-state index contributed by atoms with van der Waals surface area (Å²) in [5.74, 6) is -1.12. The van der Waals surface area contributed by atoms with Crippen molar-refractivity contribution in [2.75, 3.05) is 13.6 Å². The number of ketones is 1. The summed E-state index contributed by atoms with van der Waals surface area (Å²) in [5, 5.41) is 0. The molecule has 0 aromatic rings. The standard InChI is InChI=1S/C8H10BrN3O3.BrH/c1-4-6(5(13)3-10)7(14)12(9)8(15)11(4)2;/h3,10H2,1-2H3;1H. The number of rotatable bonds is 2. The van der Waals surface area contributed by atoms with Crippen molar-refractivity contribution in [3.63, 3.8) is 0 Å². The molecule has 0 fully saturated rings. The quantitative estimate of drug-likeness (QED) is 0.386. The van der Waals surface area contributed by atoms with Gasteiger partial charge in [0.15, 0.2) is 5.78 Å². The zero-order valence-corrected chi connectivity index (χ0v) is 11.9. The van der Waals surface area contributed by atoms with E-state index in [-0.39, 0.29) is 29.1 Å². The predicted octanol–water partition coefficient (Wildman–Crippen LogP) is -4.42. The van der Waals surface area contributed by atoms with Gasteiger partial charge in [0.05, 0.1) is 29.7 Å². The Hall–Kier alpha value is -0.570. The first-order valence-electron chi connectivity index (χ1n) is 4.24. The van der Waals surface area contributed by atoms with Crippen LogP contribution in [0.15, 0.2) is 11.3 Å². The van der Waals surface area contributed by atoms with E-state index in [1.54, 1.807) is 14.0 Å². The Labute approximate surface area is 112 Å². The average molecular weight is 357 g/mol. The molecule has 0 aromatic carbocycles. The number of allylic oxidation sites excluding steroid dienone is 1. The van der Waals surface area contributed by atoms with Gasteiger partial charge in [-0.2, -0.15) is 3.93 Å². The summed E-state index contributed by atoms with van der Waals surface area (Å²) in [4.78, 5) is 34.8. The molecule has 16 heavy (non-hydrogen) atoms. The van der Waals surface area contributed by atoms with Gasteiger partial charge in [-0.05, 0) is 0 Å². The second-order valence-electron chi connectivity index (χ2n) is 3.14. The Morgan fingerprint density at radius 2 is 2.00 bits per heavy atom. The van der Waals surface area contributed by atoms with Crippen LogP contribution in [0.1, 0.15) is 6.92 Å². The Balaban J connectivity index is 0.00000225. The molecule has 0 saturated carbocycles. The number of nitrogens with zero attached hydrogens (tertiary/aromatic N) is 1. The van der Waals surface area contributed by atoms with Crippen molar-refractivity contribution in [1.29, 1.82) is 0 Å². The maximum atomic E-state index is 11.6. The van der Waals surface area contributed by atoms with Gasteiger partial charge in [-0.25, -0.2) is 9.69 Å². The molecule has 3 N–H and O–H groups in total. The Morgan fingerprint density at radius 3 is 2.44 bits per heavy atom. The summed E-state index contributed by atoms with van der Waals surface area (Å²) >= 11 is 2.81. The van der Waals surface area contributed by atoms with Crippen LogP contribution in [0.25, 0.3) is 0 Å². The number of nitrogens with two attached hydrogens (primary N) is 1. The number of carbonyl (C=O) groups excluding carboxylic acids is 3. The van der Waals surface area contributed by atoms with E-state index < -0.39 is 17.7 Å². The monoisotopic (exact) mass is 355 g/mol. The third kappa shape index (κ3) is 2.40. The van der Waals surface area contributed by atoms with Crippen LogP contribution < -0.4 is 27.6 Å². The molecule has 1 atom stereocenters. The maximum absolute atomic E-state index is 11.6. The van der Waals surface area contributed by atoms with E-state index in [4.69, 9.17) is 5.73 Å². The summed E-state index contributed by atoms with van der Waals surface area (Å²) in [5.41, 5.74) is 5.57. The van der Waals surface area contributed by atoms with Crippen molar-refractivity contribution in [1.82, 2.24) is 3.93 Å². The molecule has 1 aliphatic rings. The van der Waals surface area contributed by atoms with Crippen molar-refractivity contribution in [2.24, 2.45) is 5.73 Å². The lowest BCUT2D eigenvalue weighted by molar-refractivity contribution is -0.752. The molecule has 1 rings (SSSR count). The maximum Gasteiger partial charge on any atom is 0.439 e. The molecule has 1 unspecified atom stereocenters. The Bertz CT molecular complexity index is 381. The van der Waals surface area contributed by atoms with Crippen LogP contribution in [0.2, 0.25) is 0 Å². The normalized spacial score (nSPS) is 21.0. The highest BCUT2D eigenvalue weighted by Gasteiger charge is 2.41. The number of nitrogens with one attached hydrogen (secondary N) is 1. The summed E-state index contributed by atoms with van der Waals surface area (Å²) < 4.78 is 0.748. The largest absolute Gasteiger partial charge is 1.00 e. The van der Waals surface area contributed by atoms with E-state index in [0.717, 1.165) is 3.93 Å². The second-order valence-corrected chi connectivity index (χ2v) is 3.85. The molecule has 1 heterocycles. The van der Waals surface area contributed by atoms with Gasteiger partial charge in [-0.15, -0.1) is 0 Å². The van der Waals surface area contributed by atoms with Crippen molar-refractivity contribution < 1.29 is 36.3 Å². The molecule has 6 nitrogen and oxygen atoms in total. The van der Waals surface area contributed by atoms with Crippen LogP contribution in [-0.2, 0) is 9.59 Å². The minimum atomic E-state index is -0.654. The number of urea groups is 1. The molecule has 1 aliphatic heterocycles. The third-order valence-corrected chi connectivity index (χ3v) is 2.94. The van der Waals surface area contributed by atoms with Crippen LogP contribution in [-0.4, -0.2) is 35.2 Å². The van der Waals surface area contributed by atoms with E-state index in [1.807, 2.05) is 0 Å². The van der Waals surface area contributed by atoms with Crippen LogP contribution in [0, 0.1) is 0 Å². The van der Waals surface area contributed by atoms with Crippen molar-refractivity contribution >= 4 is 33.9 Å². The van der Waals surface area contributed by atoms with Crippen molar-refractivity contribution in [3.8, 4) is 0 Å². The highest BCUT2D eigenvalue weighted by molar-refractivity contribution is 9.08. The second kappa shape index (κ2) is 5.67. The number of quaternary nitrogens is 1. The van der Waals surface area contributed by atoms with Gasteiger partial charge in [0.1, 0.15) is 11.3 Å². The van der Waals surface area contributed by atoms with Gasteiger partial charge in [0.25, 0.3) is 5.91 Å². The van der Waals surface area contributed by atoms with Gasteiger partial charge in [0.2, 0.25) is 0 Å². The molecule has 0 aliphatic carbocycles. The zero-order chi connectivity index (χ0) is 11.7. The molecule has 8 heteroatoms. The lowest BCUT2D eigenvalue weighted by Gasteiger charge is -2.24. The van der Waals surface area contributed by atoms with Gasteiger partial charge < -0.3 is 22.7 Å². The van der Waals surface area contributed by atoms with Crippen LogP contribution in [0.5, 0.6) is 0 Å². The van der Waals surface area contributed by atoms with Gasteiger partial charge in [-0.3, -0.25) is 9.59 Å². The summed E-state index contributed by atoms with van der Waals surface area (Å²) in [7, 11) is 1.56. The van der Waals surface area contributed by atoms with Gasteiger partial charge in [-0.1, -0.05) is 0 Å². The fourth-order valence-corrected chi connectivity index (χ4v) is 1.72. The number of amides is 3. The molecule has 0 saturated heterocycles. The summed E-state index contributed by atoms with van der Waals surface area (Å²) in [6.45, 7) is 1.31. The average Bonchev–Trinajstić information content (AvgIpc) is 2.23. The predicted molar refractivity (Wildman–Crippen MR) is 54.8 cm³/mol. The van der Waals surface area contributed by atoms with E-state index in [2.05, 4.69) is 16.1 Å². The van der Waals surface area contributed by atoms with E-state index >= 15 is 0 Å². The highest BCUT2D eigenvalue weighted by Crippen LogP contribution is 2.13. The van der Waals surface area contributed by atoms with Crippen molar-refractivity contribution in [2.45, 2.75) is 6.92 Å².